The van der Waals surface area contributed by atoms with Crippen LogP contribution in [-0.4, -0.2) is 23.2 Å². The molecule has 0 fully saturated rings. The molecule has 0 radical (unpaired) electrons. The van der Waals surface area contributed by atoms with Gasteiger partial charge in [-0.15, -0.1) is 0 Å². The van der Waals surface area contributed by atoms with Crippen LogP contribution in [0.5, 0.6) is 0 Å². The van der Waals surface area contributed by atoms with E-state index in [9.17, 15) is 9.90 Å². The number of carbonyl (C=O) groups excluding carboxylic acids is 1. The average molecular weight is 250 g/mol. The van der Waals surface area contributed by atoms with Crippen LogP contribution in [0.3, 0.4) is 0 Å². The Bertz CT molecular complexity index is 426. The standard InChI is InChI=1S/C14H22N2O2/c1-4-14(18,5-2)9-16-13(17)12-8-11(15)7-6-10(12)3/h6-8,18H,4-5,9,15H2,1-3H3,(H,16,17). The summed E-state index contributed by atoms with van der Waals surface area (Å²) in [5.74, 6) is -0.194. The van der Waals surface area contributed by atoms with Crippen LogP contribution >= 0.6 is 0 Å². The normalized spacial score (nSPS) is 11.3. The van der Waals surface area contributed by atoms with Crippen LogP contribution in [0.1, 0.15) is 42.6 Å². The van der Waals surface area contributed by atoms with Crippen LogP contribution in [0.15, 0.2) is 18.2 Å². The predicted molar refractivity (Wildman–Crippen MR) is 73.5 cm³/mol. The van der Waals surface area contributed by atoms with Gasteiger partial charge in [0, 0.05) is 17.8 Å². The number of benzene rings is 1. The van der Waals surface area contributed by atoms with Crippen molar-refractivity contribution in [1.82, 2.24) is 5.32 Å². The minimum atomic E-state index is -0.829. The lowest BCUT2D eigenvalue weighted by atomic mass is 9.97. The molecule has 0 spiro atoms. The summed E-state index contributed by atoms with van der Waals surface area (Å²) >= 11 is 0. The van der Waals surface area contributed by atoms with E-state index in [1.54, 1.807) is 12.1 Å². The fourth-order valence-electron chi connectivity index (χ4n) is 1.72. The van der Waals surface area contributed by atoms with Crippen LogP contribution in [0.25, 0.3) is 0 Å². The molecule has 0 unspecified atom stereocenters. The third kappa shape index (κ3) is 3.47. The molecule has 4 nitrogen and oxygen atoms in total. The second-order valence-electron chi connectivity index (χ2n) is 4.69. The van der Waals surface area contributed by atoms with E-state index in [0.29, 0.717) is 24.1 Å². The van der Waals surface area contributed by atoms with Crippen LogP contribution in [-0.2, 0) is 0 Å². The van der Waals surface area contributed by atoms with E-state index in [1.165, 1.54) is 0 Å². The molecule has 1 rings (SSSR count). The van der Waals surface area contributed by atoms with E-state index in [4.69, 9.17) is 5.73 Å². The molecule has 1 amide bonds. The lowest BCUT2D eigenvalue weighted by molar-refractivity contribution is 0.0314. The third-order valence-electron chi connectivity index (χ3n) is 3.40. The largest absolute Gasteiger partial charge is 0.399 e. The zero-order chi connectivity index (χ0) is 13.8. The maximum absolute atomic E-state index is 12.0. The molecule has 0 atom stereocenters. The lowest BCUT2D eigenvalue weighted by Crippen LogP contribution is -2.42. The van der Waals surface area contributed by atoms with Crippen molar-refractivity contribution < 1.29 is 9.90 Å². The number of amides is 1. The molecule has 4 N–H and O–H groups in total. The summed E-state index contributed by atoms with van der Waals surface area (Å²) in [6.07, 6.45) is 1.22. The summed E-state index contributed by atoms with van der Waals surface area (Å²) in [6, 6.07) is 5.23. The third-order valence-corrected chi connectivity index (χ3v) is 3.40. The van der Waals surface area contributed by atoms with E-state index >= 15 is 0 Å². The van der Waals surface area contributed by atoms with Crippen LogP contribution in [0.4, 0.5) is 5.69 Å². The molecule has 1 aromatic rings. The predicted octanol–water partition coefficient (Wildman–Crippen LogP) is 1.86. The van der Waals surface area contributed by atoms with Crippen molar-refractivity contribution >= 4 is 11.6 Å². The van der Waals surface area contributed by atoms with E-state index in [2.05, 4.69) is 5.32 Å². The molecule has 0 saturated heterocycles. The molecule has 0 aromatic heterocycles. The Morgan fingerprint density at radius 1 is 1.39 bits per heavy atom. The summed E-state index contributed by atoms with van der Waals surface area (Å²) in [6.45, 7) is 5.93. The number of anilines is 1. The topological polar surface area (TPSA) is 75.3 Å². The molecule has 0 heterocycles. The van der Waals surface area contributed by atoms with Crippen molar-refractivity contribution in [3.63, 3.8) is 0 Å². The van der Waals surface area contributed by atoms with E-state index < -0.39 is 5.60 Å². The molecule has 18 heavy (non-hydrogen) atoms. The van der Waals surface area contributed by atoms with E-state index in [0.717, 1.165) is 5.56 Å². The number of carbonyl (C=O) groups is 1. The molecular formula is C14H22N2O2. The highest BCUT2D eigenvalue weighted by molar-refractivity contribution is 5.96. The Balaban J connectivity index is 2.74. The quantitative estimate of drug-likeness (QED) is 0.698. The summed E-state index contributed by atoms with van der Waals surface area (Å²) < 4.78 is 0. The summed E-state index contributed by atoms with van der Waals surface area (Å²) in [4.78, 5) is 12.0. The highest BCUT2D eigenvalue weighted by atomic mass is 16.3. The maximum atomic E-state index is 12.0. The van der Waals surface area contributed by atoms with Crippen LogP contribution < -0.4 is 11.1 Å². The second kappa shape index (κ2) is 5.87. The Hall–Kier alpha value is -1.55. The average Bonchev–Trinajstić information content (AvgIpc) is 2.38. The summed E-state index contributed by atoms with van der Waals surface area (Å²) in [5.41, 5.74) is 6.84. The Kier molecular flexibility index (Phi) is 4.73. The van der Waals surface area contributed by atoms with Gasteiger partial charge in [0.25, 0.3) is 5.91 Å². The zero-order valence-corrected chi connectivity index (χ0v) is 11.3. The SMILES string of the molecule is CCC(O)(CC)CNC(=O)c1cc(N)ccc1C. The van der Waals surface area contributed by atoms with Gasteiger partial charge in [0.1, 0.15) is 0 Å². The number of hydrogen-bond donors (Lipinski definition) is 3. The molecular weight excluding hydrogens is 228 g/mol. The first kappa shape index (κ1) is 14.5. The monoisotopic (exact) mass is 250 g/mol. The molecule has 0 aliphatic carbocycles. The molecule has 0 bridgehead atoms. The number of aryl methyl sites for hydroxylation is 1. The minimum Gasteiger partial charge on any atom is -0.399 e. The zero-order valence-electron chi connectivity index (χ0n) is 11.3. The van der Waals surface area contributed by atoms with Gasteiger partial charge in [-0.3, -0.25) is 4.79 Å². The highest BCUT2D eigenvalue weighted by Crippen LogP contribution is 2.15. The number of nitrogen functional groups attached to an aromatic ring is 1. The van der Waals surface area contributed by atoms with E-state index in [1.807, 2.05) is 26.8 Å². The summed E-state index contributed by atoms with van der Waals surface area (Å²) in [7, 11) is 0. The fourth-order valence-corrected chi connectivity index (χ4v) is 1.72. The number of nitrogens with two attached hydrogens (primary N) is 1. The molecule has 4 heteroatoms. The number of rotatable bonds is 5. The first-order valence-corrected chi connectivity index (χ1v) is 6.28. The van der Waals surface area contributed by atoms with Crippen molar-refractivity contribution in [1.29, 1.82) is 0 Å². The Morgan fingerprint density at radius 2 is 2.00 bits per heavy atom. The molecule has 1 aromatic carbocycles. The number of aliphatic hydroxyl groups is 1. The highest BCUT2D eigenvalue weighted by Gasteiger charge is 2.23. The van der Waals surface area contributed by atoms with Crippen LogP contribution in [0.2, 0.25) is 0 Å². The van der Waals surface area contributed by atoms with Gasteiger partial charge in [0.15, 0.2) is 0 Å². The van der Waals surface area contributed by atoms with Gasteiger partial charge >= 0.3 is 0 Å². The number of nitrogens with one attached hydrogen (secondary N) is 1. The van der Waals surface area contributed by atoms with Crippen molar-refractivity contribution in [3.8, 4) is 0 Å². The van der Waals surface area contributed by atoms with Crippen molar-refractivity contribution in [3.05, 3.63) is 29.3 Å². The smallest absolute Gasteiger partial charge is 0.251 e. The van der Waals surface area contributed by atoms with E-state index in [-0.39, 0.29) is 12.5 Å². The van der Waals surface area contributed by atoms with Gasteiger partial charge in [0.05, 0.1) is 5.60 Å². The Morgan fingerprint density at radius 3 is 2.56 bits per heavy atom. The fraction of sp³-hybridized carbons (Fsp3) is 0.500. The van der Waals surface area contributed by atoms with Crippen molar-refractivity contribution in [2.24, 2.45) is 0 Å². The first-order chi connectivity index (χ1) is 8.41. The van der Waals surface area contributed by atoms with Gasteiger partial charge in [0.2, 0.25) is 0 Å². The molecule has 0 aliphatic heterocycles. The molecule has 100 valence electrons. The number of hydrogen-bond acceptors (Lipinski definition) is 3. The van der Waals surface area contributed by atoms with Gasteiger partial charge in [-0.2, -0.15) is 0 Å². The van der Waals surface area contributed by atoms with Crippen LogP contribution in [0, 0.1) is 6.92 Å². The molecule has 0 aliphatic rings. The van der Waals surface area contributed by atoms with Gasteiger partial charge in [-0.25, -0.2) is 0 Å². The van der Waals surface area contributed by atoms with Gasteiger partial charge < -0.3 is 16.2 Å². The lowest BCUT2D eigenvalue weighted by Gasteiger charge is -2.25. The van der Waals surface area contributed by atoms with Crippen molar-refractivity contribution in [2.45, 2.75) is 39.2 Å². The second-order valence-corrected chi connectivity index (χ2v) is 4.69. The Labute approximate surface area is 108 Å². The van der Waals surface area contributed by atoms with Gasteiger partial charge in [-0.05, 0) is 37.5 Å². The molecule has 0 saturated carbocycles. The minimum absolute atomic E-state index is 0.194. The summed E-state index contributed by atoms with van der Waals surface area (Å²) in [5, 5.41) is 12.9. The van der Waals surface area contributed by atoms with Crippen molar-refractivity contribution in [2.75, 3.05) is 12.3 Å². The maximum Gasteiger partial charge on any atom is 0.251 e. The first-order valence-electron chi connectivity index (χ1n) is 6.28. The van der Waals surface area contributed by atoms with Gasteiger partial charge in [-0.1, -0.05) is 19.9 Å².